The third-order valence-corrected chi connectivity index (χ3v) is 4.02. The van der Waals surface area contributed by atoms with Crippen molar-refractivity contribution in [2.24, 2.45) is 5.73 Å². The second kappa shape index (κ2) is 5.73. The van der Waals surface area contributed by atoms with Crippen LogP contribution in [0.3, 0.4) is 0 Å². The van der Waals surface area contributed by atoms with Gasteiger partial charge in [-0.2, -0.15) is 0 Å². The maximum atomic E-state index is 12.6. The predicted octanol–water partition coefficient (Wildman–Crippen LogP) is 0.971. The first-order chi connectivity index (χ1) is 10.2. The van der Waals surface area contributed by atoms with Crippen molar-refractivity contribution in [3.8, 4) is 5.75 Å². The van der Waals surface area contributed by atoms with Gasteiger partial charge in [-0.15, -0.1) is 0 Å². The van der Waals surface area contributed by atoms with Crippen molar-refractivity contribution in [3.05, 3.63) is 23.8 Å². The SMILES string of the molecule is NC[C@@H]1CCCCN1C(=O)c1ccc2c(c1)OCC(=O)N2. The molecule has 6 nitrogen and oxygen atoms in total. The summed E-state index contributed by atoms with van der Waals surface area (Å²) in [6.07, 6.45) is 3.09. The lowest BCUT2D eigenvalue weighted by Crippen LogP contribution is -2.47. The van der Waals surface area contributed by atoms with Gasteiger partial charge in [-0.25, -0.2) is 0 Å². The molecule has 1 saturated heterocycles. The lowest BCUT2D eigenvalue weighted by molar-refractivity contribution is -0.118. The van der Waals surface area contributed by atoms with Gasteiger partial charge in [0.25, 0.3) is 11.8 Å². The fraction of sp³-hybridized carbons (Fsp3) is 0.467. The number of carbonyl (C=O) groups is 2. The molecule has 112 valence electrons. The molecule has 0 unspecified atom stereocenters. The lowest BCUT2D eigenvalue weighted by Gasteiger charge is -2.35. The first kappa shape index (κ1) is 13.9. The number of nitrogens with one attached hydrogen (secondary N) is 1. The van der Waals surface area contributed by atoms with E-state index in [-0.39, 0.29) is 24.5 Å². The Hall–Kier alpha value is -2.08. The summed E-state index contributed by atoms with van der Waals surface area (Å²) in [5.41, 5.74) is 6.95. The van der Waals surface area contributed by atoms with Gasteiger partial charge >= 0.3 is 0 Å². The van der Waals surface area contributed by atoms with Gasteiger partial charge < -0.3 is 20.7 Å². The summed E-state index contributed by atoms with van der Waals surface area (Å²) in [6.45, 7) is 1.22. The Kier molecular flexibility index (Phi) is 3.79. The van der Waals surface area contributed by atoms with Crippen molar-refractivity contribution < 1.29 is 14.3 Å². The minimum Gasteiger partial charge on any atom is -0.482 e. The molecule has 1 aromatic rings. The summed E-state index contributed by atoms with van der Waals surface area (Å²) in [5, 5.41) is 2.72. The summed E-state index contributed by atoms with van der Waals surface area (Å²) < 4.78 is 5.36. The van der Waals surface area contributed by atoms with Crippen molar-refractivity contribution in [3.63, 3.8) is 0 Å². The van der Waals surface area contributed by atoms with E-state index in [0.717, 1.165) is 25.8 Å². The average molecular weight is 289 g/mol. The second-order valence-electron chi connectivity index (χ2n) is 5.43. The van der Waals surface area contributed by atoms with Crippen LogP contribution in [0.2, 0.25) is 0 Å². The monoisotopic (exact) mass is 289 g/mol. The molecule has 6 heteroatoms. The molecule has 1 atom stereocenters. The van der Waals surface area contributed by atoms with Crippen molar-refractivity contribution in [2.75, 3.05) is 25.0 Å². The maximum Gasteiger partial charge on any atom is 0.262 e. The number of piperidine rings is 1. The second-order valence-corrected chi connectivity index (χ2v) is 5.43. The Bertz CT molecular complexity index is 573. The van der Waals surface area contributed by atoms with E-state index in [1.54, 1.807) is 18.2 Å². The number of amides is 2. The van der Waals surface area contributed by atoms with Crippen LogP contribution in [-0.4, -0.2) is 42.5 Å². The quantitative estimate of drug-likeness (QED) is 0.849. The molecule has 1 fully saturated rings. The number of carbonyl (C=O) groups excluding carboxylic acids is 2. The van der Waals surface area contributed by atoms with Crippen molar-refractivity contribution in [1.82, 2.24) is 4.90 Å². The van der Waals surface area contributed by atoms with Crippen LogP contribution in [0.15, 0.2) is 18.2 Å². The molecule has 0 saturated carbocycles. The highest BCUT2D eigenvalue weighted by Gasteiger charge is 2.27. The van der Waals surface area contributed by atoms with Crippen molar-refractivity contribution in [2.45, 2.75) is 25.3 Å². The third kappa shape index (κ3) is 2.71. The zero-order valence-electron chi connectivity index (χ0n) is 11.8. The third-order valence-electron chi connectivity index (χ3n) is 4.02. The Morgan fingerprint density at radius 2 is 2.29 bits per heavy atom. The molecule has 2 aliphatic rings. The van der Waals surface area contributed by atoms with E-state index >= 15 is 0 Å². The zero-order valence-corrected chi connectivity index (χ0v) is 11.8. The molecule has 0 bridgehead atoms. The molecule has 0 spiro atoms. The van der Waals surface area contributed by atoms with Gasteiger partial charge in [0, 0.05) is 24.7 Å². The molecule has 3 rings (SSSR count). The number of hydrogen-bond acceptors (Lipinski definition) is 4. The van der Waals surface area contributed by atoms with Gasteiger partial charge in [-0.05, 0) is 37.5 Å². The van der Waals surface area contributed by atoms with E-state index < -0.39 is 0 Å². The van der Waals surface area contributed by atoms with Crippen molar-refractivity contribution >= 4 is 17.5 Å². The molecule has 2 aliphatic heterocycles. The fourth-order valence-corrected chi connectivity index (χ4v) is 2.89. The smallest absolute Gasteiger partial charge is 0.262 e. The van der Waals surface area contributed by atoms with E-state index in [4.69, 9.17) is 10.5 Å². The van der Waals surface area contributed by atoms with Crippen LogP contribution in [-0.2, 0) is 4.79 Å². The van der Waals surface area contributed by atoms with Gasteiger partial charge in [0.15, 0.2) is 6.61 Å². The first-order valence-corrected chi connectivity index (χ1v) is 7.27. The molecule has 3 N–H and O–H groups in total. The summed E-state index contributed by atoms with van der Waals surface area (Å²) >= 11 is 0. The predicted molar refractivity (Wildman–Crippen MR) is 78.3 cm³/mol. The molecule has 21 heavy (non-hydrogen) atoms. The van der Waals surface area contributed by atoms with E-state index in [1.807, 2.05) is 4.90 Å². The minimum absolute atomic E-state index is 0.0141. The Morgan fingerprint density at radius 1 is 1.43 bits per heavy atom. The number of hydrogen-bond donors (Lipinski definition) is 2. The van der Waals surface area contributed by atoms with Crippen LogP contribution in [0.25, 0.3) is 0 Å². The van der Waals surface area contributed by atoms with Gasteiger partial charge in [-0.3, -0.25) is 9.59 Å². The largest absolute Gasteiger partial charge is 0.482 e. The summed E-state index contributed by atoms with van der Waals surface area (Å²) in [4.78, 5) is 25.7. The average Bonchev–Trinajstić information content (AvgIpc) is 2.53. The molecule has 2 amide bonds. The van der Waals surface area contributed by atoms with Crippen LogP contribution in [0.4, 0.5) is 5.69 Å². The van der Waals surface area contributed by atoms with E-state index in [1.165, 1.54) is 0 Å². The lowest BCUT2D eigenvalue weighted by atomic mass is 10.0. The van der Waals surface area contributed by atoms with E-state index in [9.17, 15) is 9.59 Å². The minimum atomic E-state index is -0.180. The van der Waals surface area contributed by atoms with Crippen LogP contribution in [0.1, 0.15) is 29.6 Å². The highest BCUT2D eigenvalue weighted by Crippen LogP contribution is 2.29. The number of ether oxygens (including phenoxy) is 1. The number of nitrogens with two attached hydrogens (primary N) is 1. The fourth-order valence-electron chi connectivity index (χ4n) is 2.89. The summed E-state index contributed by atoms with van der Waals surface area (Å²) in [7, 11) is 0. The Labute approximate surface area is 123 Å². The maximum absolute atomic E-state index is 12.6. The van der Waals surface area contributed by atoms with Crippen LogP contribution in [0.5, 0.6) is 5.75 Å². The van der Waals surface area contributed by atoms with Crippen molar-refractivity contribution in [1.29, 1.82) is 0 Å². The Morgan fingerprint density at radius 3 is 3.10 bits per heavy atom. The number of anilines is 1. The van der Waals surface area contributed by atoms with Gasteiger partial charge in [-0.1, -0.05) is 0 Å². The molecular formula is C15H19N3O3. The molecule has 2 heterocycles. The summed E-state index contributed by atoms with van der Waals surface area (Å²) in [6, 6.07) is 5.24. The molecule has 1 aromatic carbocycles. The van der Waals surface area contributed by atoms with E-state index in [2.05, 4.69) is 5.32 Å². The molecule has 0 aromatic heterocycles. The Balaban J connectivity index is 1.83. The number of fused-ring (bicyclic) bond motifs is 1. The standard InChI is InChI=1S/C15H19N3O3/c16-8-11-3-1-2-6-18(11)15(20)10-4-5-12-13(7-10)21-9-14(19)17-12/h4-5,7,11H,1-3,6,8-9,16H2,(H,17,19)/t11-/m0/s1. The first-order valence-electron chi connectivity index (χ1n) is 7.27. The number of nitrogens with zero attached hydrogens (tertiary/aromatic N) is 1. The molecule has 0 radical (unpaired) electrons. The molecular weight excluding hydrogens is 270 g/mol. The highest BCUT2D eigenvalue weighted by atomic mass is 16.5. The number of rotatable bonds is 2. The summed E-state index contributed by atoms with van der Waals surface area (Å²) in [5.74, 6) is 0.344. The van der Waals surface area contributed by atoms with Crippen LogP contribution in [0, 0.1) is 0 Å². The number of benzene rings is 1. The van der Waals surface area contributed by atoms with Crippen LogP contribution < -0.4 is 15.8 Å². The van der Waals surface area contributed by atoms with Gasteiger partial charge in [0.2, 0.25) is 0 Å². The molecule has 0 aliphatic carbocycles. The van der Waals surface area contributed by atoms with E-state index in [0.29, 0.717) is 23.5 Å². The van der Waals surface area contributed by atoms with Gasteiger partial charge in [0.05, 0.1) is 5.69 Å². The zero-order chi connectivity index (χ0) is 14.8. The van der Waals surface area contributed by atoms with Crippen LogP contribution >= 0.6 is 0 Å². The topological polar surface area (TPSA) is 84.7 Å². The highest BCUT2D eigenvalue weighted by molar-refractivity contribution is 5.99. The number of likely N-dealkylation sites (tertiary alicyclic amines) is 1. The van der Waals surface area contributed by atoms with Gasteiger partial charge in [0.1, 0.15) is 5.75 Å². The normalized spacial score (nSPS) is 21.3.